The molecule has 2 rings (SSSR count). The van der Waals surface area contributed by atoms with Gasteiger partial charge in [-0.25, -0.2) is 8.42 Å². The van der Waals surface area contributed by atoms with Crippen LogP contribution in [0.5, 0.6) is 0 Å². The Bertz CT molecular complexity index is 745. The van der Waals surface area contributed by atoms with Crippen molar-refractivity contribution < 1.29 is 8.42 Å². The highest BCUT2D eigenvalue weighted by molar-refractivity contribution is 7.92. The second-order valence-electron chi connectivity index (χ2n) is 4.41. The summed E-state index contributed by atoms with van der Waals surface area (Å²) in [5.74, 6) is 0.0754. The van der Waals surface area contributed by atoms with Gasteiger partial charge in [-0.1, -0.05) is 12.1 Å². The topological polar surface area (TPSA) is 84.8 Å². The van der Waals surface area contributed by atoms with Gasteiger partial charge in [-0.3, -0.25) is 0 Å². The molecule has 1 heterocycles. The first-order valence-electron chi connectivity index (χ1n) is 5.97. The van der Waals surface area contributed by atoms with Crippen molar-refractivity contribution in [1.29, 1.82) is 0 Å². The molecule has 0 saturated carbocycles. The SMILES string of the molecule is CC(C)S(=O)(=O)c1ccccc1Nc1nc(Cl)nc(Cl)n1. The van der Waals surface area contributed by atoms with Crippen LogP contribution in [-0.4, -0.2) is 28.6 Å². The Labute approximate surface area is 132 Å². The average molecular weight is 347 g/mol. The Morgan fingerprint density at radius 1 is 1.05 bits per heavy atom. The number of hydrogen-bond acceptors (Lipinski definition) is 6. The highest BCUT2D eigenvalue weighted by atomic mass is 35.5. The van der Waals surface area contributed by atoms with Crippen LogP contribution >= 0.6 is 23.2 Å². The Morgan fingerprint density at radius 2 is 1.62 bits per heavy atom. The molecule has 0 aliphatic heterocycles. The summed E-state index contributed by atoms with van der Waals surface area (Å²) in [5.41, 5.74) is 0.351. The fraction of sp³-hybridized carbons (Fsp3) is 0.250. The van der Waals surface area contributed by atoms with E-state index in [9.17, 15) is 8.42 Å². The quantitative estimate of drug-likeness (QED) is 0.915. The van der Waals surface area contributed by atoms with E-state index in [1.807, 2.05) is 0 Å². The molecule has 9 heteroatoms. The molecule has 0 radical (unpaired) electrons. The van der Waals surface area contributed by atoms with E-state index in [0.29, 0.717) is 5.69 Å². The van der Waals surface area contributed by atoms with Crippen LogP contribution in [0.25, 0.3) is 0 Å². The number of halogens is 2. The van der Waals surface area contributed by atoms with Crippen LogP contribution in [0.1, 0.15) is 13.8 Å². The van der Waals surface area contributed by atoms with Crippen LogP contribution in [0, 0.1) is 0 Å². The van der Waals surface area contributed by atoms with E-state index in [1.165, 1.54) is 6.07 Å². The van der Waals surface area contributed by atoms with Gasteiger partial charge in [-0.05, 0) is 49.2 Å². The van der Waals surface area contributed by atoms with Crippen molar-refractivity contribution in [2.24, 2.45) is 0 Å². The van der Waals surface area contributed by atoms with Crippen molar-refractivity contribution in [3.8, 4) is 0 Å². The van der Waals surface area contributed by atoms with Crippen molar-refractivity contribution in [3.63, 3.8) is 0 Å². The summed E-state index contributed by atoms with van der Waals surface area (Å²) >= 11 is 11.4. The zero-order valence-corrected chi connectivity index (χ0v) is 13.5. The normalized spacial score (nSPS) is 11.7. The maximum atomic E-state index is 12.3. The Balaban J connectivity index is 2.46. The highest BCUT2D eigenvalue weighted by Gasteiger charge is 2.22. The van der Waals surface area contributed by atoms with E-state index >= 15 is 0 Å². The third-order valence-electron chi connectivity index (χ3n) is 2.64. The van der Waals surface area contributed by atoms with Gasteiger partial charge < -0.3 is 5.32 Å². The minimum Gasteiger partial charge on any atom is -0.323 e. The number of rotatable bonds is 4. The zero-order valence-electron chi connectivity index (χ0n) is 11.2. The second kappa shape index (κ2) is 6.13. The van der Waals surface area contributed by atoms with Crippen molar-refractivity contribution in [3.05, 3.63) is 34.8 Å². The Hall–Kier alpha value is -1.44. The minimum absolute atomic E-state index is 0.0754. The third-order valence-corrected chi connectivity index (χ3v) is 5.19. The summed E-state index contributed by atoms with van der Waals surface area (Å²) in [4.78, 5) is 11.5. The number of nitrogens with one attached hydrogen (secondary N) is 1. The van der Waals surface area contributed by atoms with Gasteiger partial charge in [-0.15, -0.1) is 0 Å². The maximum absolute atomic E-state index is 12.3. The molecule has 0 fully saturated rings. The highest BCUT2D eigenvalue weighted by Crippen LogP contribution is 2.27. The number of hydrogen-bond donors (Lipinski definition) is 1. The van der Waals surface area contributed by atoms with Crippen LogP contribution in [0.2, 0.25) is 10.6 Å². The summed E-state index contributed by atoms with van der Waals surface area (Å²) < 4.78 is 24.7. The lowest BCUT2D eigenvalue weighted by molar-refractivity contribution is 0.588. The molecule has 2 aromatic rings. The van der Waals surface area contributed by atoms with E-state index < -0.39 is 15.1 Å². The summed E-state index contributed by atoms with van der Waals surface area (Å²) in [5, 5.41) is 2.09. The lowest BCUT2D eigenvalue weighted by atomic mass is 10.3. The van der Waals surface area contributed by atoms with Gasteiger partial charge in [0.2, 0.25) is 16.5 Å². The first-order valence-corrected chi connectivity index (χ1v) is 8.28. The molecule has 0 amide bonds. The molecule has 21 heavy (non-hydrogen) atoms. The van der Waals surface area contributed by atoms with Crippen LogP contribution in [-0.2, 0) is 9.84 Å². The standard InChI is InChI=1S/C12H12Cl2N4O2S/c1-7(2)21(19,20)9-6-4-3-5-8(9)15-12-17-10(13)16-11(14)18-12/h3-7H,1-2H3,(H,15,16,17,18). The van der Waals surface area contributed by atoms with E-state index in [2.05, 4.69) is 20.3 Å². The van der Waals surface area contributed by atoms with E-state index in [-0.39, 0.29) is 21.4 Å². The largest absolute Gasteiger partial charge is 0.323 e. The molecule has 112 valence electrons. The second-order valence-corrected chi connectivity index (χ2v) is 7.56. The number of aromatic nitrogens is 3. The van der Waals surface area contributed by atoms with Gasteiger partial charge in [0.25, 0.3) is 0 Å². The summed E-state index contributed by atoms with van der Waals surface area (Å²) in [6.07, 6.45) is 0. The van der Waals surface area contributed by atoms with Gasteiger partial charge in [0, 0.05) is 0 Å². The molecule has 0 atom stereocenters. The third kappa shape index (κ3) is 3.61. The smallest absolute Gasteiger partial charge is 0.232 e. The van der Waals surface area contributed by atoms with Crippen molar-refractivity contribution in [2.75, 3.05) is 5.32 Å². The van der Waals surface area contributed by atoms with Crippen LogP contribution in [0.3, 0.4) is 0 Å². The van der Waals surface area contributed by atoms with E-state index in [0.717, 1.165) is 0 Å². The maximum Gasteiger partial charge on any atom is 0.232 e. The van der Waals surface area contributed by atoms with Gasteiger partial charge in [0.1, 0.15) is 0 Å². The molecule has 1 N–H and O–H groups in total. The van der Waals surface area contributed by atoms with Gasteiger partial charge >= 0.3 is 0 Å². The predicted octanol–water partition coefficient (Wildman–Crippen LogP) is 3.10. The van der Waals surface area contributed by atoms with Crippen LogP contribution < -0.4 is 5.32 Å². The number of sulfone groups is 1. The van der Waals surface area contributed by atoms with Crippen molar-refractivity contribution in [1.82, 2.24) is 15.0 Å². The number of anilines is 2. The van der Waals surface area contributed by atoms with Gasteiger partial charge in [-0.2, -0.15) is 15.0 Å². The molecule has 0 aliphatic rings. The summed E-state index contributed by atoms with van der Waals surface area (Å²) in [6.45, 7) is 3.23. The number of benzene rings is 1. The minimum atomic E-state index is -3.45. The summed E-state index contributed by atoms with van der Waals surface area (Å²) in [7, 11) is -3.45. The molecular weight excluding hydrogens is 335 g/mol. The van der Waals surface area contributed by atoms with Gasteiger partial charge in [0.05, 0.1) is 15.8 Å². The van der Waals surface area contributed by atoms with E-state index in [1.54, 1.807) is 32.0 Å². The molecule has 0 spiro atoms. The first kappa shape index (κ1) is 15.9. The Morgan fingerprint density at radius 3 is 2.19 bits per heavy atom. The molecule has 1 aromatic carbocycles. The average Bonchev–Trinajstić information content (AvgIpc) is 2.37. The molecule has 1 aromatic heterocycles. The van der Waals surface area contributed by atoms with Crippen molar-refractivity contribution >= 4 is 44.7 Å². The molecule has 0 unspecified atom stereocenters. The molecule has 0 aliphatic carbocycles. The lowest BCUT2D eigenvalue weighted by Crippen LogP contribution is -2.15. The molecule has 0 bridgehead atoms. The zero-order chi connectivity index (χ0) is 15.6. The molecule has 0 saturated heterocycles. The molecular formula is C12H12Cl2N4O2S. The first-order chi connectivity index (χ1) is 9.80. The molecule has 6 nitrogen and oxygen atoms in total. The summed E-state index contributed by atoms with van der Waals surface area (Å²) in [6, 6.07) is 6.48. The lowest BCUT2D eigenvalue weighted by Gasteiger charge is -2.13. The van der Waals surface area contributed by atoms with Crippen LogP contribution in [0.4, 0.5) is 11.6 Å². The van der Waals surface area contributed by atoms with Crippen LogP contribution in [0.15, 0.2) is 29.2 Å². The van der Waals surface area contributed by atoms with Gasteiger partial charge in [0.15, 0.2) is 9.84 Å². The van der Waals surface area contributed by atoms with Crippen molar-refractivity contribution in [2.45, 2.75) is 24.0 Å². The number of para-hydroxylation sites is 1. The van der Waals surface area contributed by atoms with E-state index in [4.69, 9.17) is 23.2 Å². The number of nitrogens with zero attached hydrogens (tertiary/aromatic N) is 3. The fourth-order valence-corrected chi connectivity index (χ4v) is 3.14. The predicted molar refractivity (Wildman–Crippen MR) is 81.9 cm³/mol. The monoisotopic (exact) mass is 346 g/mol. The Kier molecular flexibility index (Phi) is 4.65. The fourth-order valence-electron chi connectivity index (χ4n) is 1.57.